The predicted octanol–water partition coefficient (Wildman–Crippen LogP) is 7.73. The summed E-state index contributed by atoms with van der Waals surface area (Å²) in [7, 11) is 0. The molecule has 6 aromatic rings. The molecular weight excluding hydrogens is 402 g/mol. The van der Waals surface area contributed by atoms with E-state index in [1.165, 1.54) is 32.6 Å². The molecule has 0 radical (unpaired) electrons. The van der Waals surface area contributed by atoms with Crippen LogP contribution in [-0.4, -0.2) is 14.5 Å². The van der Waals surface area contributed by atoms with E-state index in [0.29, 0.717) is 5.92 Å². The quantitative estimate of drug-likeness (QED) is 0.288. The summed E-state index contributed by atoms with van der Waals surface area (Å²) in [5.41, 5.74) is 6.69. The molecule has 0 atom stereocenters. The lowest BCUT2D eigenvalue weighted by Gasteiger charge is -2.11. The fourth-order valence-electron chi connectivity index (χ4n) is 4.89. The Labute approximate surface area is 193 Å². The number of para-hydroxylation sites is 1. The number of hydrogen-bond donors (Lipinski definition) is 0. The van der Waals surface area contributed by atoms with Gasteiger partial charge in [0.05, 0.1) is 11.4 Å². The molecule has 4 aromatic carbocycles. The van der Waals surface area contributed by atoms with Crippen LogP contribution in [0.2, 0.25) is 0 Å². The number of aromatic nitrogens is 3. The minimum Gasteiger partial charge on any atom is -0.340 e. The van der Waals surface area contributed by atoms with Crippen LogP contribution < -0.4 is 0 Å². The molecule has 0 saturated carbocycles. The summed E-state index contributed by atoms with van der Waals surface area (Å²) in [4.78, 5) is 9.26. The standard InChI is InChI=1S/C30H25N3/c1-20(2)18-33-29-13-6-5-11-25(29)26-16-22(14-15-30(26)33)27-17-28(32-19-31-27)24-12-7-9-21-8-3-4-10-23(21)24/h3-17,19-20H,18H2,1-2H3. The first-order chi connectivity index (χ1) is 16.2. The zero-order valence-corrected chi connectivity index (χ0v) is 18.9. The van der Waals surface area contributed by atoms with E-state index in [4.69, 9.17) is 0 Å². The maximum atomic E-state index is 4.64. The molecule has 0 N–H and O–H groups in total. The molecule has 2 heterocycles. The Morgan fingerprint density at radius 1 is 0.667 bits per heavy atom. The van der Waals surface area contributed by atoms with Crippen LogP contribution in [-0.2, 0) is 6.54 Å². The fraction of sp³-hybridized carbons (Fsp3) is 0.133. The predicted molar refractivity (Wildman–Crippen MR) is 138 cm³/mol. The molecule has 0 aliphatic rings. The number of benzene rings is 4. The van der Waals surface area contributed by atoms with Crippen molar-refractivity contribution in [2.45, 2.75) is 20.4 Å². The van der Waals surface area contributed by atoms with Crippen molar-refractivity contribution in [2.75, 3.05) is 0 Å². The average molecular weight is 428 g/mol. The SMILES string of the molecule is CC(C)Cn1c2ccccc2c2cc(-c3cc(-c4cccc5ccccc45)ncn3)ccc21. The third kappa shape index (κ3) is 3.37. The van der Waals surface area contributed by atoms with Gasteiger partial charge in [-0.25, -0.2) is 9.97 Å². The van der Waals surface area contributed by atoms with E-state index >= 15 is 0 Å². The van der Waals surface area contributed by atoms with Crippen LogP contribution in [0.25, 0.3) is 55.1 Å². The Morgan fingerprint density at radius 2 is 1.39 bits per heavy atom. The van der Waals surface area contributed by atoms with E-state index in [-0.39, 0.29) is 0 Å². The lowest BCUT2D eigenvalue weighted by Crippen LogP contribution is -2.03. The largest absolute Gasteiger partial charge is 0.340 e. The molecule has 2 aromatic heterocycles. The van der Waals surface area contributed by atoms with Crippen molar-refractivity contribution in [1.29, 1.82) is 0 Å². The third-order valence-corrected chi connectivity index (χ3v) is 6.35. The number of fused-ring (bicyclic) bond motifs is 4. The molecule has 0 saturated heterocycles. The second kappa shape index (κ2) is 7.86. The van der Waals surface area contributed by atoms with Crippen molar-refractivity contribution >= 4 is 32.6 Å². The van der Waals surface area contributed by atoms with Gasteiger partial charge >= 0.3 is 0 Å². The summed E-state index contributed by atoms with van der Waals surface area (Å²) in [5, 5.41) is 4.99. The van der Waals surface area contributed by atoms with E-state index in [9.17, 15) is 0 Å². The van der Waals surface area contributed by atoms with Crippen LogP contribution in [0.3, 0.4) is 0 Å². The summed E-state index contributed by atoms with van der Waals surface area (Å²) in [6, 6.07) is 32.3. The minimum absolute atomic E-state index is 0.578. The molecule has 0 aliphatic heterocycles. The first-order valence-corrected chi connectivity index (χ1v) is 11.5. The van der Waals surface area contributed by atoms with Gasteiger partial charge in [0, 0.05) is 39.5 Å². The molecule has 160 valence electrons. The second-order valence-corrected chi connectivity index (χ2v) is 9.07. The highest BCUT2D eigenvalue weighted by Crippen LogP contribution is 2.34. The van der Waals surface area contributed by atoms with Crippen LogP contribution in [0, 0.1) is 5.92 Å². The molecule has 0 bridgehead atoms. The molecule has 0 unspecified atom stereocenters. The van der Waals surface area contributed by atoms with Gasteiger partial charge in [-0.3, -0.25) is 0 Å². The van der Waals surface area contributed by atoms with E-state index < -0.39 is 0 Å². The van der Waals surface area contributed by atoms with E-state index in [1.807, 2.05) is 0 Å². The topological polar surface area (TPSA) is 30.7 Å². The summed E-state index contributed by atoms with van der Waals surface area (Å²) in [6.45, 7) is 5.54. The molecular formula is C30H25N3. The van der Waals surface area contributed by atoms with Crippen molar-refractivity contribution in [3.63, 3.8) is 0 Å². The maximum absolute atomic E-state index is 4.64. The Morgan fingerprint density at radius 3 is 2.27 bits per heavy atom. The summed E-state index contributed by atoms with van der Waals surface area (Å²) < 4.78 is 2.45. The van der Waals surface area contributed by atoms with Gasteiger partial charge < -0.3 is 4.57 Å². The molecule has 3 nitrogen and oxygen atoms in total. The van der Waals surface area contributed by atoms with Gasteiger partial charge in [-0.1, -0.05) is 80.6 Å². The average Bonchev–Trinajstić information content (AvgIpc) is 3.16. The first-order valence-electron chi connectivity index (χ1n) is 11.5. The molecule has 0 amide bonds. The van der Waals surface area contributed by atoms with Gasteiger partial charge in [-0.05, 0) is 41.0 Å². The summed E-state index contributed by atoms with van der Waals surface area (Å²) >= 11 is 0. The van der Waals surface area contributed by atoms with Crippen molar-refractivity contribution in [3.8, 4) is 22.5 Å². The zero-order valence-electron chi connectivity index (χ0n) is 18.9. The van der Waals surface area contributed by atoms with Crippen LogP contribution in [0.4, 0.5) is 0 Å². The van der Waals surface area contributed by atoms with E-state index in [0.717, 1.165) is 29.1 Å². The molecule has 0 aliphatic carbocycles. The lowest BCUT2D eigenvalue weighted by molar-refractivity contribution is 0.545. The second-order valence-electron chi connectivity index (χ2n) is 9.07. The number of hydrogen-bond acceptors (Lipinski definition) is 2. The molecule has 3 heteroatoms. The molecule has 0 fully saturated rings. The minimum atomic E-state index is 0.578. The van der Waals surface area contributed by atoms with Crippen LogP contribution in [0.15, 0.2) is 97.3 Å². The third-order valence-electron chi connectivity index (χ3n) is 6.35. The van der Waals surface area contributed by atoms with Gasteiger partial charge in [-0.15, -0.1) is 0 Å². The highest BCUT2D eigenvalue weighted by Gasteiger charge is 2.13. The first kappa shape index (κ1) is 19.7. The van der Waals surface area contributed by atoms with E-state index in [2.05, 4.69) is 119 Å². The smallest absolute Gasteiger partial charge is 0.116 e. The van der Waals surface area contributed by atoms with Crippen LogP contribution >= 0.6 is 0 Å². The van der Waals surface area contributed by atoms with Crippen molar-refractivity contribution in [1.82, 2.24) is 14.5 Å². The van der Waals surface area contributed by atoms with Crippen molar-refractivity contribution < 1.29 is 0 Å². The molecule has 0 spiro atoms. The van der Waals surface area contributed by atoms with Crippen molar-refractivity contribution in [2.24, 2.45) is 5.92 Å². The monoisotopic (exact) mass is 427 g/mol. The Balaban J connectivity index is 1.51. The Hall–Kier alpha value is -3.98. The molecule has 6 rings (SSSR count). The highest BCUT2D eigenvalue weighted by molar-refractivity contribution is 6.09. The van der Waals surface area contributed by atoms with E-state index in [1.54, 1.807) is 6.33 Å². The number of nitrogens with zero attached hydrogens (tertiary/aromatic N) is 3. The van der Waals surface area contributed by atoms with Gasteiger partial charge in [-0.2, -0.15) is 0 Å². The van der Waals surface area contributed by atoms with Crippen molar-refractivity contribution in [3.05, 3.63) is 97.3 Å². The fourth-order valence-corrected chi connectivity index (χ4v) is 4.89. The lowest BCUT2D eigenvalue weighted by atomic mass is 10.0. The van der Waals surface area contributed by atoms with Gasteiger partial charge in [0.2, 0.25) is 0 Å². The van der Waals surface area contributed by atoms with Crippen LogP contribution in [0.5, 0.6) is 0 Å². The number of rotatable bonds is 4. The zero-order chi connectivity index (χ0) is 22.4. The normalized spacial score (nSPS) is 11.7. The molecule has 33 heavy (non-hydrogen) atoms. The summed E-state index contributed by atoms with van der Waals surface area (Å²) in [6.07, 6.45) is 1.68. The Kier molecular flexibility index (Phi) is 4.69. The van der Waals surface area contributed by atoms with Gasteiger partial charge in [0.15, 0.2) is 0 Å². The van der Waals surface area contributed by atoms with Gasteiger partial charge in [0.25, 0.3) is 0 Å². The summed E-state index contributed by atoms with van der Waals surface area (Å²) in [5.74, 6) is 0.578. The Bertz CT molecular complexity index is 1620. The van der Waals surface area contributed by atoms with Gasteiger partial charge in [0.1, 0.15) is 6.33 Å². The highest BCUT2D eigenvalue weighted by atomic mass is 15.0. The maximum Gasteiger partial charge on any atom is 0.116 e. The van der Waals surface area contributed by atoms with Crippen LogP contribution in [0.1, 0.15) is 13.8 Å².